The molecule has 4 N–H and O–H groups in total. The van der Waals surface area contributed by atoms with Crippen LogP contribution in [0.4, 0.5) is 4.79 Å². The smallest absolute Gasteiger partial charge is 0.407 e. The first-order chi connectivity index (χ1) is 12.1. The second-order valence-electron chi connectivity index (χ2n) is 8.07. The van der Waals surface area contributed by atoms with Crippen LogP contribution in [0.2, 0.25) is 0 Å². The standard InChI is InChI=1S/C19H36N2O5/c1-7-11(8-2)15(20)14-13(21-18(24)26-19(4,5)6)10-12(16(14)22)17(23)25-9-3/h11-16,22H,7-10,20H2,1-6H3,(H,21,24)/t12-,13+,14+,15?,16+/m0/s1. The Labute approximate surface area is 157 Å². The molecule has 1 unspecified atom stereocenters. The topological polar surface area (TPSA) is 111 Å². The van der Waals surface area contributed by atoms with E-state index in [1.165, 1.54) is 0 Å². The minimum atomic E-state index is -0.954. The Balaban J connectivity index is 3.01. The highest BCUT2D eigenvalue weighted by Gasteiger charge is 2.50. The van der Waals surface area contributed by atoms with Crippen molar-refractivity contribution in [1.29, 1.82) is 0 Å². The van der Waals surface area contributed by atoms with Gasteiger partial charge in [-0.15, -0.1) is 0 Å². The van der Waals surface area contributed by atoms with Gasteiger partial charge < -0.3 is 25.6 Å². The number of amides is 1. The number of hydrogen-bond donors (Lipinski definition) is 3. The number of rotatable bonds is 7. The summed E-state index contributed by atoms with van der Waals surface area (Å²) in [6.07, 6.45) is 0.497. The summed E-state index contributed by atoms with van der Waals surface area (Å²) in [5.41, 5.74) is 5.83. The van der Waals surface area contributed by atoms with Crippen LogP contribution in [0.15, 0.2) is 0 Å². The molecule has 1 saturated carbocycles. The zero-order valence-corrected chi connectivity index (χ0v) is 17.0. The van der Waals surface area contributed by atoms with E-state index in [9.17, 15) is 14.7 Å². The summed E-state index contributed by atoms with van der Waals surface area (Å²) < 4.78 is 10.4. The van der Waals surface area contributed by atoms with E-state index in [-0.39, 0.29) is 25.0 Å². The summed E-state index contributed by atoms with van der Waals surface area (Å²) >= 11 is 0. The van der Waals surface area contributed by atoms with Crippen molar-refractivity contribution in [2.45, 2.75) is 84.6 Å². The van der Waals surface area contributed by atoms with Crippen molar-refractivity contribution in [2.75, 3.05) is 6.61 Å². The van der Waals surface area contributed by atoms with Gasteiger partial charge in [0.25, 0.3) is 0 Å². The highest BCUT2D eigenvalue weighted by atomic mass is 16.6. The molecule has 1 aliphatic rings. The summed E-state index contributed by atoms with van der Waals surface area (Å²) in [4.78, 5) is 24.5. The van der Waals surface area contributed by atoms with Crippen LogP contribution in [-0.2, 0) is 14.3 Å². The third-order valence-corrected chi connectivity index (χ3v) is 5.11. The molecule has 1 amide bonds. The molecule has 0 aromatic heterocycles. The quantitative estimate of drug-likeness (QED) is 0.591. The van der Waals surface area contributed by atoms with Crippen LogP contribution in [0.1, 0.15) is 60.8 Å². The molecule has 1 aliphatic carbocycles. The molecule has 1 rings (SSSR count). The van der Waals surface area contributed by atoms with E-state index in [2.05, 4.69) is 19.2 Å². The highest BCUT2D eigenvalue weighted by Crippen LogP contribution is 2.37. The number of nitrogens with one attached hydrogen (secondary N) is 1. The third kappa shape index (κ3) is 5.84. The Kier molecular flexibility index (Phi) is 8.34. The number of carbonyl (C=O) groups is 2. The zero-order chi connectivity index (χ0) is 20.1. The molecule has 1 fully saturated rings. The Morgan fingerprint density at radius 2 is 1.81 bits per heavy atom. The van der Waals surface area contributed by atoms with E-state index in [0.29, 0.717) is 0 Å². The molecule has 0 saturated heterocycles. The van der Waals surface area contributed by atoms with Gasteiger partial charge in [-0.3, -0.25) is 4.79 Å². The van der Waals surface area contributed by atoms with Crippen molar-refractivity contribution >= 4 is 12.1 Å². The van der Waals surface area contributed by atoms with Crippen molar-refractivity contribution in [3.8, 4) is 0 Å². The molecule has 0 bridgehead atoms. The number of carbonyl (C=O) groups excluding carboxylic acids is 2. The van der Waals surface area contributed by atoms with Crippen LogP contribution < -0.4 is 11.1 Å². The van der Waals surface area contributed by atoms with Crippen molar-refractivity contribution < 1.29 is 24.2 Å². The predicted octanol–water partition coefficient (Wildman–Crippen LogP) is 2.20. The Bertz CT molecular complexity index is 473. The first-order valence-corrected chi connectivity index (χ1v) is 9.65. The van der Waals surface area contributed by atoms with Crippen molar-refractivity contribution in [2.24, 2.45) is 23.5 Å². The molecular formula is C19H36N2O5. The molecule has 5 atom stereocenters. The average molecular weight is 373 g/mol. The van der Waals surface area contributed by atoms with Crippen LogP contribution in [0.25, 0.3) is 0 Å². The number of alkyl carbamates (subject to hydrolysis) is 1. The molecule has 26 heavy (non-hydrogen) atoms. The van der Waals surface area contributed by atoms with Gasteiger partial charge in [0.2, 0.25) is 0 Å². The van der Waals surface area contributed by atoms with E-state index in [0.717, 1.165) is 12.8 Å². The van der Waals surface area contributed by atoms with Gasteiger partial charge in [0.1, 0.15) is 5.60 Å². The van der Waals surface area contributed by atoms with Crippen LogP contribution in [0, 0.1) is 17.8 Å². The second kappa shape index (κ2) is 9.55. The third-order valence-electron chi connectivity index (χ3n) is 5.11. The normalized spacial score (nSPS) is 27.3. The van der Waals surface area contributed by atoms with Crippen LogP contribution in [0.5, 0.6) is 0 Å². The maximum absolute atomic E-state index is 12.2. The monoisotopic (exact) mass is 372 g/mol. The molecule has 0 aromatic carbocycles. The van der Waals surface area contributed by atoms with Crippen LogP contribution in [-0.4, -0.2) is 47.6 Å². The van der Waals surface area contributed by atoms with Crippen molar-refractivity contribution in [3.05, 3.63) is 0 Å². The van der Waals surface area contributed by atoms with Gasteiger partial charge in [0.15, 0.2) is 0 Å². The van der Waals surface area contributed by atoms with E-state index >= 15 is 0 Å². The molecule has 0 radical (unpaired) electrons. The van der Waals surface area contributed by atoms with Gasteiger partial charge in [-0.25, -0.2) is 4.79 Å². The van der Waals surface area contributed by atoms with Gasteiger partial charge in [0, 0.05) is 18.0 Å². The van der Waals surface area contributed by atoms with Gasteiger partial charge in [0.05, 0.1) is 18.6 Å². The summed E-state index contributed by atoms with van der Waals surface area (Å²) in [6, 6.07) is -0.774. The average Bonchev–Trinajstić information content (AvgIpc) is 2.83. The zero-order valence-electron chi connectivity index (χ0n) is 17.0. The summed E-state index contributed by atoms with van der Waals surface area (Å²) in [7, 11) is 0. The Morgan fingerprint density at radius 3 is 2.27 bits per heavy atom. The number of hydrogen-bond acceptors (Lipinski definition) is 6. The fraction of sp³-hybridized carbons (Fsp3) is 0.895. The highest BCUT2D eigenvalue weighted by molar-refractivity contribution is 5.74. The molecule has 0 spiro atoms. The minimum Gasteiger partial charge on any atom is -0.466 e. The second-order valence-corrected chi connectivity index (χ2v) is 8.07. The van der Waals surface area contributed by atoms with Crippen molar-refractivity contribution in [3.63, 3.8) is 0 Å². The van der Waals surface area contributed by atoms with Gasteiger partial charge in [-0.05, 0) is 40.0 Å². The summed E-state index contributed by atoms with van der Waals surface area (Å²) in [6.45, 7) is 11.4. The van der Waals surface area contributed by atoms with E-state index < -0.39 is 41.6 Å². The Hall–Kier alpha value is -1.34. The van der Waals surface area contributed by atoms with Crippen LogP contribution in [0.3, 0.4) is 0 Å². The molecule has 7 nitrogen and oxygen atoms in total. The number of ether oxygens (including phenoxy) is 2. The molecule has 0 heterocycles. The first kappa shape index (κ1) is 22.7. The molecular weight excluding hydrogens is 336 g/mol. The fourth-order valence-corrected chi connectivity index (χ4v) is 3.82. The lowest BCUT2D eigenvalue weighted by Crippen LogP contribution is -2.51. The lowest BCUT2D eigenvalue weighted by atomic mass is 9.81. The lowest BCUT2D eigenvalue weighted by molar-refractivity contribution is -0.151. The van der Waals surface area contributed by atoms with Crippen LogP contribution >= 0.6 is 0 Å². The maximum Gasteiger partial charge on any atom is 0.407 e. The van der Waals surface area contributed by atoms with Gasteiger partial charge in [-0.1, -0.05) is 26.7 Å². The van der Waals surface area contributed by atoms with Gasteiger partial charge in [-0.2, -0.15) is 0 Å². The van der Waals surface area contributed by atoms with E-state index in [1.807, 2.05) is 0 Å². The molecule has 0 aromatic rings. The molecule has 152 valence electrons. The minimum absolute atomic E-state index is 0.193. The lowest BCUT2D eigenvalue weighted by Gasteiger charge is -2.34. The fourth-order valence-electron chi connectivity index (χ4n) is 3.82. The maximum atomic E-state index is 12.2. The van der Waals surface area contributed by atoms with E-state index in [4.69, 9.17) is 15.2 Å². The number of aliphatic hydroxyl groups excluding tert-OH is 1. The number of esters is 1. The van der Waals surface area contributed by atoms with Crippen molar-refractivity contribution in [1.82, 2.24) is 5.32 Å². The van der Waals surface area contributed by atoms with E-state index in [1.54, 1.807) is 27.7 Å². The summed E-state index contributed by atoms with van der Waals surface area (Å²) in [5, 5.41) is 13.6. The number of aliphatic hydroxyl groups is 1. The SMILES string of the molecule is CCOC(=O)[C@H]1C[C@@H](NC(=O)OC(C)(C)C)[C@H](C(N)C(CC)CC)[C@@H]1O. The predicted molar refractivity (Wildman–Crippen MR) is 99.4 cm³/mol. The summed E-state index contributed by atoms with van der Waals surface area (Å²) in [5.74, 6) is -1.38. The van der Waals surface area contributed by atoms with Gasteiger partial charge >= 0.3 is 12.1 Å². The first-order valence-electron chi connectivity index (χ1n) is 9.65. The largest absolute Gasteiger partial charge is 0.466 e. The number of nitrogens with two attached hydrogens (primary N) is 1. The Morgan fingerprint density at radius 1 is 1.23 bits per heavy atom. The molecule has 7 heteroatoms. The molecule has 0 aliphatic heterocycles.